The molecule has 1 atom stereocenters. The van der Waals surface area contributed by atoms with Gasteiger partial charge < -0.3 is 10.2 Å². The van der Waals surface area contributed by atoms with Crippen LogP contribution in [0.25, 0.3) is 0 Å². The van der Waals surface area contributed by atoms with Crippen LogP contribution in [0.15, 0.2) is 42.5 Å². The van der Waals surface area contributed by atoms with Crippen molar-refractivity contribution in [1.82, 2.24) is 10.2 Å². The highest BCUT2D eigenvalue weighted by atomic mass is 35.5. The van der Waals surface area contributed by atoms with Gasteiger partial charge in [0.1, 0.15) is 11.9 Å². The van der Waals surface area contributed by atoms with Crippen molar-refractivity contribution in [3.8, 4) is 0 Å². The lowest BCUT2D eigenvalue weighted by atomic mass is 10.1. The predicted molar refractivity (Wildman–Crippen MR) is 138 cm³/mol. The standard InChI is InChI=1S/C24H30Cl2FN3O4S/c1-4-14-28-24(32)17(2)29(16-20-21(25)7-5-8-22(20)26)23(31)9-6-15-30(35(3,33)34)19-12-10-18(27)11-13-19/h5,7-8,10-13,17H,4,6,9,14-16H2,1-3H3,(H,28,32)/t17-/m1/s1. The van der Waals surface area contributed by atoms with Crippen molar-refractivity contribution in [2.24, 2.45) is 0 Å². The first-order chi connectivity index (χ1) is 16.5. The molecule has 0 unspecified atom stereocenters. The Morgan fingerprint density at radius 2 is 1.69 bits per heavy atom. The van der Waals surface area contributed by atoms with E-state index in [0.717, 1.165) is 17.0 Å². The fourth-order valence-electron chi connectivity index (χ4n) is 3.44. The third kappa shape index (κ3) is 8.37. The van der Waals surface area contributed by atoms with Crippen molar-refractivity contribution >= 4 is 50.7 Å². The number of benzene rings is 2. The fourth-order valence-corrected chi connectivity index (χ4v) is 4.93. The van der Waals surface area contributed by atoms with Gasteiger partial charge in [0.2, 0.25) is 21.8 Å². The summed E-state index contributed by atoms with van der Waals surface area (Å²) < 4.78 is 39.0. The van der Waals surface area contributed by atoms with Gasteiger partial charge in [-0.3, -0.25) is 13.9 Å². The second-order valence-corrected chi connectivity index (χ2v) is 10.8. The van der Waals surface area contributed by atoms with Gasteiger partial charge in [-0.1, -0.05) is 36.2 Å². The van der Waals surface area contributed by atoms with E-state index in [0.29, 0.717) is 27.8 Å². The van der Waals surface area contributed by atoms with Crippen LogP contribution in [0.4, 0.5) is 10.1 Å². The molecule has 0 fully saturated rings. The molecule has 2 aromatic carbocycles. The van der Waals surface area contributed by atoms with E-state index in [1.807, 2.05) is 6.92 Å². The molecule has 1 N–H and O–H groups in total. The van der Waals surface area contributed by atoms with E-state index in [4.69, 9.17) is 23.2 Å². The van der Waals surface area contributed by atoms with Crippen molar-refractivity contribution in [3.05, 3.63) is 63.9 Å². The first-order valence-corrected chi connectivity index (χ1v) is 13.8. The Labute approximate surface area is 216 Å². The van der Waals surface area contributed by atoms with E-state index >= 15 is 0 Å². The van der Waals surface area contributed by atoms with Crippen LogP contribution in [0, 0.1) is 5.82 Å². The highest BCUT2D eigenvalue weighted by Gasteiger charge is 2.27. The van der Waals surface area contributed by atoms with Gasteiger partial charge >= 0.3 is 0 Å². The summed E-state index contributed by atoms with van der Waals surface area (Å²) in [6.45, 7) is 4.04. The fraction of sp³-hybridized carbons (Fsp3) is 0.417. The number of nitrogens with zero attached hydrogens (tertiary/aromatic N) is 2. The lowest BCUT2D eigenvalue weighted by molar-refractivity contribution is -0.140. The summed E-state index contributed by atoms with van der Waals surface area (Å²) in [6, 6.07) is 9.26. The number of rotatable bonds is 12. The average Bonchev–Trinajstić information content (AvgIpc) is 2.79. The molecule has 192 valence electrons. The summed E-state index contributed by atoms with van der Waals surface area (Å²) in [5.74, 6) is -1.15. The number of nitrogens with one attached hydrogen (secondary N) is 1. The maximum absolute atomic E-state index is 13.3. The van der Waals surface area contributed by atoms with E-state index in [-0.39, 0.29) is 37.7 Å². The maximum atomic E-state index is 13.3. The molecule has 0 bridgehead atoms. The first-order valence-electron chi connectivity index (χ1n) is 11.2. The quantitative estimate of drug-likeness (QED) is 0.421. The maximum Gasteiger partial charge on any atom is 0.242 e. The molecule has 11 heteroatoms. The lowest BCUT2D eigenvalue weighted by Gasteiger charge is -2.30. The molecule has 35 heavy (non-hydrogen) atoms. The van der Waals surface area contributed by atoms with Crippen LogP contribution in [-0.2, 0) is 26.2 Å². The Hall–Kier alpha value is -2.36. The number of carbonyl (C=O) groups excluding carboxylic acids is 2. The summed E-state index contributed by atoms with van der Waals surface area (Å²) in [5.41, 5.74) is 0.816. The zero-order chi connectivity index (χ0) is 26.2. The number of carbonyl (C=O) groups is 2. The van der Waals surface area contributed by atoms with E-state index in [2.05, 4.69) is 5.32 Å². The molecule has 2 rings (SSSR count). The van der Waals surface area contributed by atoms with E-state index < -0.39 is 21.9 Å². The molecule has 0 aromatic heterocycles. The zero-order valence-electron chi connectivity index (χ0n) is 19.9. The lowest BCUT2D eigenvalue weighted by Crippen LogP contribution is -2.48. The normalized spacial score (nSPS) is 12.2. The zero-order valence-corrected chi connectivity index (χ0v) is 22.3. The number of anilines is 1. The average molecular weight is 546 g/mol. The first kappa shape index (κ1) is 28.9. The van der Waals surface area contributed by atoms with E-state index in [1.165, 1.54) is 29.2 Å². The molecule has 2 aromatic rings. The van der Waals surface area contributed by atoms with Crippen LogP contribution in [0.1, 0.15) is 38.7 Å². The van der Waals surface area contributed by atoms with Crippen molar-refractivity contribution in [1.29, 1.82) is 0 Å². The Morgan fingerprint density at radius 1 is 1.09 bits per heavy atom. The molecule has 2 amide bonds. The molecule has 0 aliphatic carbocycles. The summed E-state index contributed by atoms with van der Waals surface area (Å²) in [4.78, 5) is 27.3. The van der Waals surface area contributed by atoms with Gasteiger partial charge in [0.05, 0.1) is 11.9 Å². The molecule has 0 saturated carbocycles. The largest absolute Gasteiger partial charge is 0.354 e. The van der Waals surface area contributed by atoms with E-state index in [1.54, 1.807) is 25.1 Å². The van der Waals surface area contributed by atoms with Gasteiger partial charge in [-0.25, -0.2) is 12.8 Å². The molecule has 0 spiro atoms. The number of amides is 2. The molecule has 0 radical (unpaired) electrons. The minimum atomic E-state index is -3.66. The molecule has 0 aliphatic rings. The smallest absolute Gasteiger partial charge is 0.242 e. The van der Waals surface area contributed by atoms with Crippen LogP contribution in [0.5, 0.6) is 0 Å². The Balaban J connectivity index is 2.20. The molecule has 0 saturated heterocycles. The van der Waals surface area contributed by atoms with Gasteiger partial charge in [0, 0.05) is 41.7 Å². The topological polar surface area (TPSA) is 86.8 Å². The number of hydrogen-bond acceptors (Lipinski definition) is 4. The molecule has 0 aliphatic heterocycles. The highest BCUT2D eigenvalue weighted by Crippen LogP contribution is 2.27. The predicted octanol–water partition coefficient (Wildman–Crippen LogP) is 4.62. The van der Waals surface area contributed by atoms with Gasteiger partial charge in [0.25, 0.3) is 0 Å². The van der Waals surface area contributed by atoms with Gasteiger partial charge in [-0.05, 0) is 56.2 Å². The highest BCUT2D eigenvalue weighted by molar-refractivity contribution is 7.92. The van der Waals surface area contributed by atoms with Crippen LogP contribution in [0.2, 0.25) is 10.0 Å². The number of hydrogen-bond donors (Lipinski definition) is 1. The third-order valence-electron chi connectivity index (χ3n) is 5.37. The summed E-state index contributed by atoms with van der Waals surface area (Å²) in [5, 5.41) is 3.53. The van der Waals surface area contributed by atoms with Gasteiger partial charge in [-0.15, -0.1) is 0 Å². The Morgan fingerprint density at radius 3 is 2.23 bits per heavy atom. The van der Waals surface area contributed by atoms with Gasteiger partial charge in [-0.2, -0.15) is 0 Å². The minimum Gasteiger partial charge on any atom is -0.354 e. The van der Waals surface area contributed by atoms with Crippen LogP contribution in [-0.4, -0.2) is 50.5 Å². The third-order valence-corrected chi connectivity index (χ3v) is 7.28. The molecule has 0 heterocycles. The Kier molecular flexibility index (Phi) is 10.8. The van der Waals surface area contributed by atoms with Crippen molar-refractivity contribution < 1.29 is 22.4 Å². The second-order valence-electron chi connectivity index (χ2n) is 8.10. The number of halogens is 3. The summed E-state index contributed by atoms with van der Waals surface area (Å²) in [6.07, 6.45) is 1.94. The molecular formula is C24H30Cl2FN3O4S. The SMILES string of the molecule is CCCNC(=O)[C@@H](C)N(Cc1c(Cl)cccc1Cl)C(=O)CCCN(c1ccc(F)cc1)S(C)(=O)=O. The summed E-state index contributed by atoms with van der Waals surface area (Å²) >= 11 is 12.6. The van der Waals surface area contributed by atoms with Gasteiger partial charge in [0.15, 0.2) is 0 Å². The van der Waals surface area contributed by atoms with E-state index in [9.17, 15) is 22.4 Å². The van der Waals surface area contributed by atoms with Crippen LogP contribution < -0.4 is 9.62 Å². The number of sulfonamides is 1. The molecular weight excluding hydrogens is 516 g/mol. The van der Waals surface area contributed by atoms with Crippen LogP contribution >= 0.6 is 23.2 Å². The Bertz CT molecular complexity index is 1110. The van der Waals surface area contributed by atoms with Crippen LogP contribution in [0.3, 0.4) is 0 Å². The molecule has 7 nitrogen and oxygen atoms in total. The van der Waals surface area contributed by atoms with Crippen molar-refractivity contribution in [3.63, 3.8) is 0 Å². The van der Waals surface area contributed by atoms with Crippen molar-refractivity contribution in [2.75, 3.05) is 23.7 Å². The monoisotopic (exact) mass is 545 g/mol. The second kappa shape index (κ2) is 13.1. The summed E-state index contributed by atoms with van der Waals surface area (Å²) in [7, 11) is -3.66. The minimum absolute atomic E-state index is 0.00725. The van der Waals surface area contributed by atoms with Crippen molar-refractivity contribution in [2.45, 2.75) is 45.7 Å².